The quantitative estimate of drug-likeness (QED) is 0.838. The van der Waals surface area contributed by atoms with Gasteiger partial charge in [-0.1, -0.05) is 24.6 Å². The Morgan fingerprint density at radius 3 is 2.50 bits per heavy atom. The number of halogens is 1. The molecule has 0 aliphatic heterocycles. The molecule has 20 heavy (non-hydrogen) atoms. The van der Waals surface area contributed by atoms with Gasteiger partial charge in [0.2, 0.25) is 5.91 Å². The largest absolute Gasteiger partial charge is 0.492 e. The summed E-state index contributed by atoms with van der Waals surface area (Å²) >= 11 is 0. The highest BCUT2D eigenvalue weighted by molar-refractivity contribution is 5.85. The molecule has 1 amide bonds. The first-order valence-electron chi connectivity index (χ1n) is 6.63. The molecule has 0 aliphatic carbocycles. The molecule has 5 heteroatoms. The molecule has 0 saturated heterocycles. The lowest BCUT2D eigenvalue weighted by Gasteiger charge is -2.21. The molecule has 1 N–H and O–H groups in total. The van der Waals surface area contributed by atoms with Crippen LogP contribution in [0.3, 0.4) is 0 Å². The van der Waals surface area contributed by atoms with Crippen molar-refractivity contribution in [3.63, 3.8) is 0 Å². The molecule has 0 aromatic heterocycles. The van der Waals surface area contributed by atoms with Gasteiger partial charge in [-0.15, -0.1) is 12.4 Å². The van der Waals surface area contributed by atoms with Crippen LogP contribution in [0.2, 0.25) is 0 Å². The number of nitrogens with zero attached hydrogens (tertiary/aromatic N) is 1. The lowest BCUT2D eigenvalue weighted by atomic mass is 10.1. The van der Waals surface area contributed by atoms with Crippen molar-refractivity contribution in [1.82, 2.24) is 10.2 Å². The number of ether oxygens (including phenoxy) is 1. The van der Waals surface area contributed by atoms with Crippen LogP contribution >= 0.6 is 12.4 Å². The molecule has 4 nitrogen and oxygen atoms in total. The summed E-state index contributed by atoms with van der Waals surface area (Å²) in [5.41, 5.74) is 1.21. The minimum atomic E-state index is -0.00521. The Bertz CT molecular complexity index is 395. The average Bonchev–Trinajstić information content (AvgIpc) is 2.40. The van der Waals surface area contributed by atoms with E-state index in [0.29, 0.717) is 19.7 Å². The summed E-state index contributed by atoms with van der Waals surface area (Å²) in [6, 6.07) is 7.92. The van der Waals surface area contributed by atoms with Gasteiger partial charge in [0.15, 0.2) is 0 Å². The number of nitrogens with one attached hydrogen (secondary N) is 1. The van der Waals surface area contributed by atoms with Crippen LogP contribution in [-0.4, -0.2) is 44.6 Å². The molecular weight excluding hydrogens is 276 g/mol. The fraction of sp³-hybridized carbons (Fsp3) is 0.533. The van der Waals surface area contributed by atoms with Crippen LogP contribution in [0.25, 0.3) is 0 Å². The topological polar surface area (TPSA) is 41.6 Å². The number of carbonyl (C=O) groups is 1. The zero-order valence-electron chi connectivity index (χ0n) is 12.7. The van der Waals surface area contributed by atoms with Gasteiger partial charge in [0.25, 0.3) is 0 Å². The summed E-state index contributed by atoms with van der Waals surface area (Å²) in [7, 11) is 3.66. The maximum Gasteiger partial charge on any atom is 0.226 e. The highest BCUT2D eigenvalue weighted by Gasteiger charge is 2.16. The molecule has 1 aromatic carbocycles. The third-order valence-electron chi connectivity index (χ3n) is 3.02. The first-order valence-corrected chi connectivity index (χ1v) is 6.63. The number of likely N-dealkylation sites (N-methyl/N-ethyl adjacent to an activating group) is 1. The second-order valence-corrected chi connectivity index (χ2v) is 4.88. The third-order valence-corrected chi connectivity index (χ3v) is 3.02. The van der Waals surface area contributed by atoms with Crippen molar-refractivity contribution < 1.29 is 9.53 Å². The molecule has 0 heterocycles. The minimum Gasteiger partial charge on any atom is -0.492 e. The Hall–Kier alpha value is -1.26. The van der Waals surface area contributed by atoms with E-state index in [9.17, 15) is 4.79 Å². The smallest absolute Gasteiger partial charge is 0.226 e. The lowest BCUT2D eigenvalue weighted by Crippen LogP contribution is -2.38. The van der Waals surface area contributed by atoms with E-state index in [1.807, 2.05) is 52.2 Å². The number of aryl methyl sites for hydroxylation is 1. The molecule has 0 spiro atoms. The van der Waals surface area contributed by atoms with Gasteiger partial charge in [0, 0.05) is 19.5 Å². The molecule has 0 radical (unpaired) electrons. The maximum atomic E-state index is 12.0. The summed E-state index contributed by atoms with van der Waals surface area (Å²) in [5, 5.41) is 3.01. The summed E-state index contributed by atoms with van der Waals surface area (Å²) in [6.07, 6.45) is 0. The van der Waals surface area contributed by atoms with Gasteiger partial charge in [-0.25, -0.2) is 0 Å². The van der Waals surface area contributed by atoms with E-state index in [-0.39, 0.29) is 24.2 Å². The van der Waals surface area contributed by atoms with Gasteiger partial charge in [-0.2, -0.15) is 0 Å². The van der Waals surface area contributed by atoms with E-state index < -0.39 is 0 Å². The fourth-order valence-electron chi connectivity index (χ4n) is 1.81. The number of benzene rings is 1. The van der Waals surface area contributed by atoms with E-state index in [4.69, 9.17) is 4.74 Å². The number of carbonyl (C=O) groups excluding carboxylic acids is 1. The summed E-state index contributed by atoms with van der Waals surface area (Å²) in [4.78, 5) is 13.7. The van der Waals surface area contributed by atoms with E-state index >= 15 is 0 Å². The van der Waals surface area contributed by atoms with Crippen molar-refractivity contribution in [3.8, 4) is 5.75 Å². The van der Waals surface area contributed by atoms with Crippen LogP contribution in [0, 0.1) is 12.8 Å². The third kappa shape index (κ3) is 6.26. The first-order chi connectivity index (χ1) is 9.04. The van der Waals surface area contributed by atoms with Gasteiger partial charge in [-0.3, -0.25) is 4.79 Å². The Morgan fingerprint density at radius 1 is 1.35 bits per heavy atom. The normalized spacial score (nSPS) is 11.4. The average molecular weight is 301 g/mol. The molecule has 0 bridgehead atoms. The standard InChI is InChI=1S/C15H24N2O2.ClH/c1-12-5-7-14(8-6-12)19-10-9-17(4)15(18)13(2)11-16-3;/h5-8,13,16H,9-11H2,1-4H3;1H. The van der Waals surface area contributed by atoms with Gasteiger partial charge in [0.1, 0.15) is 12.4 Å². The second-order valence-electron chi connectivity index (χ2n) is 4.88. The summed E-state index contributed by atoms with van der Waals surface area (Å²) < 4.78 is 5.61. The highest BCUT2D eigenvalue weighted by atomic mass is 35.5. The van der Waals surface area contributed by atoms with Crippen molar-refractivity contribution in [2.75, 3.05) is 33.8 Å². The van der Waals surface area contributed by atoms with E-state index in [2.05, 4.69) is 5.32 Å². The van der Waals surface area contributed by atoms with Crippen molar-refractivity contribution >= 4 is 18.3 Å². The van der Waals surface area contributed by atoms with E-state index in [1.54, 1.807) is 4.90 Å². The van der Waals surface area contributed by atoms with Crippen LogP contribution in [0.5, 0.6) is 5.75 Å². The Kier molecular flexibility index (Phi) is 9.01. The summed E-state index contributed by atoms with van der Waals surface area (Å²) in [5.74, 6) is 0.978. The van der Waals surface area contributed by atoms with Crippen LogP contribution in [0.1, 0.15) is 12.5 Å². The molecule has 1 rings (SSSR count). The highest BCUT2D eigenvalue weighted by Crippen LogP contribution is 2.11. The van der Waals surface area contributed by atoms with Crippen LogP contribution in [0.15, 0.2) is 24.3 Å². The minimum absolute atomic E-state index is 0. The summed E-state index contributed by atoms with van der Waals surface area (Å²) in [6.45, 7) is 5.77. The predicted octanol–water partition coefficient (Wildman–Crippen LogP) is 2.11. The number of hydrogen-bond donors (Lipinski definition) is 1. The van der Waals surface area contributed by atoms with Crippen molar-refractivity contribution in [3.05, 3.63) is 29.8 Å². The van der Waals surface area contributed by atoms with Crippen LogP contribution < -0.4 is 10.1 Å². The Balaban J connectivity index is 0.00000361. The van der Waals surface area contributed by atoms with Crippen LogP contribution in [-0.2, 0) is 4.79 Å². The van der Waals surface area contributed by atoms with Gasteiger partial charge < -0.3 is 15.0 Å². The molecule has 1 atom stereocenters. The Labute approximate surface area is 127 Å². The molecule has 0 saturated carbocycles. The number of rotatable bonds is 7. The second kappa shape index (κ2) is 9.61. The predicted molar refractivity (Wildman–Crippen MR) is 84.6 cm³/mol. The molecule has 0 aliphatic rings. The van der Waals surface area contributed by atoms with Crippen molar-refractivity contribution in [2.45, 2.75) is 13.8 Å². The van der Waals surface area contributed by atoms with Crippen LogP contribution in [0.4, 0.5) is 0 Å². The molecule has 1 unspecified atom stereocenters. The number of hydrogen-bond acceptors (Lipinski definition) is 3. The van der Waals surface area contributed by atoms with Gasteiger partial charge >= 0.3 is 0 Å². The lowest BCUT2D eigenvalue weighted by molar-refractivity contribution is -0.133. The maximum absolute atomic E-state index is 12.0. The molecule has 1 aromatic rings. The number of amides is 1. The molecule has 0 fully saturated rings. The van der Waals surface area contributed by atoms with Gasteiger partial charge in [0.05, 0.1) is 6.54 Å². The SMILES string of the molecule is CNCC(C)C(=O)N(C)CCOc1ccc(C)cc1.Cl. The molecule has 114 valence electrons. The fourth-order valence-corrected chi connectivity index (χ4v) is 1.81. The zero-order chi connectivity index (χ0) is 14.3. The first kappa shape index (κ1) is 18.7. The van der Waals surface area contributed by atoms with E-state index in [0.717, 1.165) is 5.75 Å². The monoisotopic (exact) mass is 300 g/mol. The van der Waals surface area contributed by atoms with Crippen molar-refractivity contribution in [1.29, 1.82) is 0 Å². The Morgan fingerprint density at radius 2 is 1.95 bits per heavy atom. The zero-order valence-corrected chi connectivity index (χ0v) is 13.5. The van der Waals surface area contributed by atoms with Crippen molar-refractivity contribution in [2.24, 2.45) is 5.92 Å². The molecular formula is C15H25ClN2O2. The van der Waals surface area contributed by atoms with Gasteiger partial charge in [-0.05, 0) is 26.1 Å². The van der Waals surface area contributed by atoms with E-state index in [1.165, 1.54) is 5.56 Å².